The number of aromatic amines is 1. The van der Waals surface area contributed by atoms with Crippen molar-refractivity contribution in [3.8, 4) is 11.5 Å². The molecule has 2 aromatic heterocycles. The molecule has 0 unspecified atom stereocenters. The molecule has 17 heteroatoms. The van der Waals surface area contributed by atoms with E-state index in [1.807, 2.05) is 6.07 Å². The van der Waals surface area contributed by atoms with E-state index >= 15 is 0 Å². The molecule has 1 spiro atoms. The number of aromatic nitrogens is 2. The van der Waals surface area contributed by atoms with E-state index in [2.05, 4.69) is 61.0 Å². The Hall–Kier alpha value is -5.20. The molecule has 1 saturated carbocycles. The highest BCUT2D eigenvalue weighted by atomic mass is 32.2. The fourth-order valence-electron chi connectivity index (χ4n) is 9.30. The van der Waals surface area contributed by atoms with Crippen LogP contribution in [0.3, 0.4) is 0 Å². The Morgan fingerprint density at radius 1 is 1.08 bits per heavy atom. The number of fused-ring (bicyclic) bond motifs is 1. The van der Waals surface area contributed by atoms with Gasteiger partial charge in [-0.05, 0) is 86.2 Å². The number of anilines is 2. The smallest absolute Gasteiger partial charge is 0.293 e. The number of nitro benzene ring substituents is 1. The van der Waals surface area contributed by atoms with Crippen LogP contribution in [0.4, 0.5) is 17.1 Å². The van der Waals surface area contributed by atoms with Crippen molar-refractivity contribution in [3.63, 3.8) is 0 Å². The Morgan fingerprint density at radius 3 is 2.70 bits per heavy atom. The number of rotatable bonds is 13. The van der Waals surface area contributed by atoms with E-state index in [9.17, 15) is 23.3 Å². The average Bonchev–Trinajstić information content (AvgIpc) is 3.89. The van der Waals surface area contributed by atoms with E-state index < -0.39 is 31.4 Å². The number of nitrogens with one attached hydrogen (secondary N) is 3. The maximum absolute atomic E-state index is 13.9. The van der Waals surface area contributed by atoms with Crippen LogP contribution in [0.2, 0.25) is 0 Å². The van der Waals surface area contributed by atoms with Crippen LogP contribution in [0.25, 0.3) is 11.0 Å². The molecule has 0 bridgehead atoms. The number of pyridine rings is 1. The number of hydrogen-bond acceptors (Lipinski definition) is 12. The highest BCUT2D eigenvalue weighted by Crippen LogP contribution is 2.54. The van der Waals surface area contributed by atoms with Gasteiger partial charge < -0.3 is 29.4 Å². The molecular formula is C43H49N7O8S2. The molecule has 60 heavy (non-hydrogen) atoms. The molecule has 316 valence electrons. The van der Waals surface area contributed by atoms with Gasteiger partial charge in [0.1, 0.15) is 22.8 Å². The molecule has 2 atom stereocenters. The summed E-state index contributed by atoms with van der Waals surface area (Å²) in [4.78, 5) is 37.2. The van der Waals surface area contributed by atoms with Gasteiger partial charge in [-0.25, -0.2) is 18.1 Å². The number of carbonyl (C=O) groups is 1. The summed E-state index contributed by atoms with van der Waals surface area (Å²) in [7, 11) is -4.56. The number of H-pyrrole nitrogens is 1. The second-order valence-corrected chi connectivity index (χ2v) is 17.7. The minimum atomic E-state index is -4.56. The second kappa shape index (κ2) is 17.0. The number of nitro groups is 1. The Morgan fingerprint density at radius 2 is 1.92 bits per heavy atom. The molecule has 5 heterocycles. The number of benzene rings is 3. The third-order valence-electron chi connectivity index (χ3n) is 12.2. The zero-order valence-electron chi connectivity index (χ0n) is 33.3. The van der Waals surface area contributed by atoms with E-state index in [4.69, 9.17) is 14.2 Å². The fourth-order valence-corrected chi connectivity index (χ4v) is 10.3. The van der Waals surface area contributed by atoms with Crippen LogP contribution in [0.15, 0.2) is 90.1 Å². The van der Waals surface area contributed by atoms with Crippen molar-refractivity contribution in [3.05, 3.63) is 112 Å². The van der Waals surface area contributed by atoms with Gasteiger partial charge in [0.05, 0.1) is 47.5 Å². The lowest BCUT2D eigenvalue weighted by atomic mass is 9.60. The summed E-state index contributed by atoms with van der Waals surface area (Å²) >= 11 is 0. The maximum atomic E-state index is 13.9. The molecule has 0 radical (unpaired) electrons. The van der Waals surface area contributed by atoms with Crippen LogP contribution in [0.1, 0.15) is 60.1 Å². The molecule has 4 aliphatic rings. The summed E-state index contributed by atoms with van der Waals surface area (Å²) in [6, 6.07) is 22.1. The SMILES string of the molecule is CCc1ccccc1[C@@H]1CCCN1C1CC2(C1)CN(c1ccc(C(=O)NS(=O)(=O)c3ccc(NC[C@H]4COCCO4)c([N+](=O)[O-])c3)c(Oc3cnc4[nH]ccc4c3)c1)C2.S. The van der Waals surface area contributed by atoms with Gasteiger partial charge in [0, 0.05) is 66.5 Å². The van der Waals surface area contributed by atoms with Crippen LogP contribution >= 0.6 is 13.5 Å². The average molecular weight is 856 g/mol. The van der Waals surface area contributed by atoms with Crippen LogP contribution in [-0.4, -0.2) is 92.3 Å². The number of carbonyl (C=O) groups excluding carboxylic acids is 1. The van der Waals surface area contributed by atoms with Gasteiger partial charge in [0.2, 0.25) is 0 Å². The van der Waals surface area contributed by atoms with Gasteiger partial charge in [0.15, 0.2) is 0 Å². The number of hydrogen-bond donors (Lipinski definition) is 3. The molecule has 4 fully saturated rings. The molecule has 1 aliphatic carbocycles. The highest BCUT2D eigenvalue weighted by Gasteiger charge is 2.55. The van der Waals surface area contributed by atoms with E-state index in [1.54, 1.807) is 30.5 Å². The third-order valence-corrected chi connectivity index (χ3v) is 13.6. The van der Waals surface area contributed by atoms with Crippen molar-refractivity contribution < 1.29 is 32.3 Å². The van der Waals surface area contributed by atoms with E-state index in [0.29, 0.717) is 43.3 Å². The Kier molecular flexibility index (Phi) is 11.8. The van der Waals surface area contributed by atoms with Gasteiger partial charge in [-0.15, -0.1) is 0 Å². The number of amides is 1. The normalized spacial score (nSPS) is 20.2. The molecule has 3 aliphatic heterocycles. The quantitative estimate of drug-likeness (QED) is 0.0845. The van der Waals surface area contributed by atoms with Crippen molar-refractivity contribution >= 4 is 57.5 Å². The van der Waals surface area contributed by atoms with Crippen LogP contribution in [0.5, 0.6) is 11.5 Å². The lowest BCUT2D eigenvalue weighted by Crippen LogP contribution is -2.66. The summed E-state index contributed by atoms with van der Waals surface area (Å²) in [5, 5.41) is 15.8. The maximum Gasteiger partial charge on any atom is 0.293 e. The molecule has 3 N–H and O–H groups in total. The minimum Gasteiger partial charge on any atom is -0.455 e. The van der Waals surface area contributed by atoms with E-state index in [0.717, 1.165) is 56.0 Å². The molecule has 1 amide bonds. The summed E-state index contributed by atoms with van der Waals surface area (Å²) in [5.74, 6) is -0.441. The molecular weight excluding hydrogens is 807 g/mol. The molecule has 5 aromatic rings. The monoisotopic (exact) mass is 855 g/mol. The molecule has 3 saturated heterocycles. The first-order valence-corrected chi connectivity index (χ1v) is 21.7. The summed E-state index contributed by atoms with van der Waals surface area (Å²) in [6.07, 6.45) is 8.69. The zero-order chi connectivity index (χ0) is 40.7. The van der Waals surface area contributed by atoms with Crippen LogP contribution in [-0.2, 0) is 25.9 Å². The first kappa shape index (κ1) is 41.5. The number of sulfonamides is 1. The number of likely N-dealkylation sites (tertiary alicyclic amines) is 1. The minimum absolute atomic E-state index is 0. The highest BCUT2D eigenvalue weighted by molar-refractivity contribution is 7.90. The van der Waals surface area contributed by atoms with Crippen molar-refractivity contribution in [1.29, 1.82) is 0 Å². The Labute approximate surface area is 355 Å². The van der Waals surface area contributed by atoms with Crippen molar-refractivity contribution in [1.82, 2.24) is 19.6 Å². The number of nitrogens with zero attached hydrogens (tertiary/aromatic N) is 4. The standard InChI is InChI=1S/C43H47N7O8S.H2S/c1-2-28-6-3-4-7-35(28)38-8-5-15-49(38)31-21-43(22-31)26-48(27-43)30-9-11-36(40(19-30)58-32-18-29-13-14-44-41(29)46-23-32)42(51)47-59(54,55)34-10-12-37(39(20-34)50(52)53)45-24-33-25-56-16-17-57-33;/h3-4,6-7,9-14,18-20,23,31,33,38,45H,2,5,8,15-17,21-22,24-27H2,1H3,(H,44,46)(H,47,51);1H2/t33-,38-;/m0./s1. The van der Waals surface area contributed by atoms with Gasteiger partial charge in [-0.1, -0.05) is 31.2 Å². The van der Waals surface area contributed by atoms with Gasteiger partial charge in [-0.3, -0.25) is 19.8 Å². The Bertz CT molecular complexity index is 2500. The second-order valence-electron chi connectivity index (χ2n) is 16.1. The van der Waals surface area contributed by atoms with E-state index in [1.165, 1.54) is 42.3 Å². The van der Waals surface area contributed by atoms with E-state index in [-0.39, 0.29) is 48.6 Å². The predicted molar refractivity (Wildman–Crippen MR) is 232 cm³/mol. The Balaban J connectivity index is 0.00000499. The number of aryl methyl sites for hydroxylation is 1. The molecule has 9 rings (SSSR count). The van der Waals surface area contributed by atoms with Crippen LogP contribution < -0.4 is 19.7 Å². The first-order chi connectivity index (χ1) is 28.6. The fraction of sp³-hybridized carbons (Fsp3) is 0.395. The zero-order valence-corrected chi connectivity index (χ0v) is 35.1. The largest absolute Gasteiger partial charge is 0.455 e. The van der Waals surface area contributed by atoms with Crippen molar-refractivity contribution in [2.45, 2.75) is 62.1 Å². The van der Waals surface area contributed by atoms with Crippen LogP contribution in [0, 0.1) is 15.5 Å². The first-order valence-electron chi connectivity index (χ1n) is 20.2. The topological polar surface area (TPSA) is 181 Å². The van der Waals surface area contributed by atoms with Crippen molar-refractivity contribution in [2.75, 3.05) is 56.2 Å². The lowest BCUT2D eigenvalue weighted by Gasteiger charge is -2.62. The molecule has 3 aromatic carbocycles. The van der Waals surface area contributed by atoms with Gasteiger partial charge in [0.25, 0.3) is 21.6 Å². The number of ether oxygens (including phenoxy) is 3. The predicted octanol–water partition coefficient (Wildman–Crippen LogP) is 6.69. The van der Waals surface area contributed by atoms with Gasteiger partial charge >= 0.3 is 0 Å². The summed E-state index contributed by atoms with van der Waals surface area (Å²) in [5.41, 5.74) is 4.27. The summed E-state index contributed by atoms with van der Waals surface area (Å²) < 4.78 is 46.6. The summed E-state index contributed by atoms with van der Waals surface area (Å²) in [6.45, 7) is 6.54. The van der Waals surface area contributed by atoms with Crippen molar-refractivity contribution in [2.24, 2.45) is 5.41 Å². The third kappa shape index (κ3) is 8.28. The van der Waals surface area contributed by atoms with Gasteiger partial charge in [-0.2, -0.15) is 13.5 Å². The lowest BCUT2D eigenvalue weighted by molar-refractivity contribution is -0.384. The molecule has 15 nitrogen and oxygen atoms in total.